The number of thiazole rings is 1. The van der Waals surface area contributed by atoms with E-state index < -0.39 is 5.91 Å². The number of nitrogens with zero attached hydrogens (tertiary/aromatic N) is 2. The molecule has 3 aromatic rings. The molecule has 0 fully saturated rings. The Morgan fingerprint density at radius 3 is 2.80 bits per heavy atom. The standard InChI is InChI=1S/C14H10FN3OS/c15-10-3-1-9(2-4-10)13-11(5-6-12(16)19)18-7-8-20-14(18)17-13/h1-8H,(H2,16,19)/b6-5+. The summed E-state index contributed by atoms with van der Waals surface area (Å²) in [6.07, 6.45) is 4.77. The molecule has 0 aliphatic heterocycles. The predicted molar refractivity (Wildman–Crippen MR) is 76.7 cm³/mol. The molecule has 6 heteroatoms. The lowest BCUT2D eigenvalue weighted by molar-refractivity contribution is -0.113. The van der Waals surface area contributed by atoms with Gasteiger partial charge in [0.2, 0.25) is 5.91 Å². The summed E-state index contributed by atoms with van der Waals surface area (Å²) in [6, 6.07) is 6.07. The van der Waals surface area contributed by atoms with Gasteiger partial charge >= 0.3 is 0 Å². The molecule has 20 heavy (non-hydrogen) atoms. The molecule has 1 aromatic carbocycles. The van der Waals surface area contributed by atoms with Gasteiger partial charge in [-0.1, -0.05) is 0 Å². The van der Waals surface area contributed by atoms with Gasteiger partial charge in [0.25, 0.3) is 0 Å². The van der Waals surface area contributed by atoms with Gasteiger partial charge in [-0.05, 0) is 30.3 Å². The largest absolute Gasteiger partial charge is 0.366 e. The number of benzene rings is 1. The topological polar surface area (TPSA) is 60.4 Å². The summed E-state index contributed by atoms with van der Waals surface area (Å²) in [5.74, 6) is -0.829. The Morgan fingerprint density at radius 1 is 1.35 bits per heavy atom. The van der Waals surface area contributed by atoms with Crippen LogP contribution in [0.2, 0.25) is 0 Å². The Bertz CT molecular complexity index is 802. The average Bonchev–Trinajstić information content (AvgIpc) is 2.98. The van der Waals surface area contributed by atoms with Crippen molar-refractivity contribution in [3.8, 4) is 11.3 Å². The number of carbonyl (C=O) groups is 1. The van der Waals surface area contributed by atoms with Gasteiger partial charge in [0.15, 0.2) is 4.96 Å². The molecule has 2 aromatic heterocycles. The molecule has 0 atom stereocenters. The first-order valence-electron chi connectivity index (χ1n) is 5.84. The zero-order valence-electron chi connectivity index (χ0n) is 10.3. The van der Waals surface area contributed by atoms with Crippen molar-refractivity contribution in [2.24, 2.45) is 5.73 Å². The van der Waals surface area contributed by atoms with Gasteiger partial charge in [-0.25, -0.2) is 9.37 Å². The first-order valence-corrected chi connectivity index (χ1v) is 6.72. The molecule has 1 amide bonds. The Morgan fingerprint density at radius 2 is 2.10 bits per heavy atom. The summed E-state index contributed by atoms with van der Waals surface area (Å²) < 4.78 is 14.9. The van der Waals surface area contributed by atoms with Crippen molar-refractivity contribution >= 4 is 28.3 Å². The maximum absolute atomic E-state index is 13.0. The third-order valence-electron chi connectivity index (χ3n) is 2.82. The molecule has 3 rings (SSSR count). The first kappa shape index (κ1) is 12.6. The number of hydrogen-bond acceptors (Lipinski definition) is 3. The molecule has 0 radical (unpaired) electrons. The second-order valence-electron chi connectivity index (χ2n) is 4.14. The third kappa shape index (κ3) is 2.21. The van der Waals surface area contributed by atoms with Crippen molar-refractivity contribution in [2.45, 2.75) is 0 Å². The van der Waals surface area contributed by atoms with Gasteiger partial charge in [0.05, 0.1) is 11.4 Å². The van der Waals surface area contributed by atoms with Crippen LogP contribution in [-0.4, -0.2) is 15.3 Å². The number of hydrogen-bond donors (Lipinski definition) is 1. The number of halogens is 1. The molecule has 100 valence electrons. The van der Waals surface area contributed by atoms with E-state index in [2.05, 4.69) is 4.98 Å². The molecule has 0 saturated heterocycles. The van der Waals surface area contributed by atoms with Crippen molar-refractivity contribution < 1.29 is 9.18 Å². The van der Waals surface area contributed by atoms with Gasteiger partial charge in [-0.2, -0.15) is 0 Å². The van der Waals surface area contributed by atoms with Crippen LogP contribution in [0.5, 0.6) is 0 Å². The second kappa shape index (κ2) is 4.90. The minimum atomic E-state index is -0.528. The zero-order chi connectivity index (χ0) is 14.1. The van der Waals surface area contributed by atoms with E-state index in [1.165, 1.54) is 29.5 Å². The van der Waals surface area contributed by atoms with Crippen molar-refractivity contribution in [3.63, 3.8) is 0 Å². The number of carbonyl (C=O) groups excluding carboxylic acids is 1. The van der Waals surface area contributed by atoms with Crippen LogP contribution in [0, 0.1) is 5.82 Å². The van der Waals surface area contributed by atoms with Crippen LogP contribution in [0.15, 0.2) is 41.9 Å². The summed E-state index contributed by atoms with van der Waals surface area (Å²) in [4.78, 5) is 16.2. The fourth-order valence-corrected chi connectivity index (χ4v) is 2.66. The molecule has 4 nitrogen and oxygen atoms in total. The lowest BCUT2D eigenvalue weighted by atomic mass is 10.1. The lowest BCUT2D eigenvalue weighted by Crippen LogP contribution is -2.05. The van der Waals surface area contributed by atoms with E-state index in [4.69, 9.17) is 5.73 Å². The Hall–Kier alpha value is -2.47. The van der Waals surface area contributed by atoms with E-state index >= 15 is 0 Å². The number of primary amides is 1. The van der Waals surface area contributed by atoms with Gasteiger partial charge in [0.1, 0.15) is 5.82 Å². The maximum Gasteiger partial charge on any atom is 0.241 e. The second-order valence-corrected chi connectivity index (χ2v) is 5.02. The average molecular weight is 287 g/mol. The SMILES string of the molecule is NC(=O)/C=C/c1c(-c2ccc(F)cc2)nc2sccn12. The van der Waals surface area contributed by atoms with Crippen LogP contribution in [-0.2, 0) is 4.79 Å². The fourth-order valence-electron chi connectivity index (χ4n) is 1.94. The highest BCUT2D eigenvalue weighted by molar-refractivity contribution is 7.15. The van der Waals surface area contributed by atoms with Crippen LogP contribution in [0.3, 0.4) is 0 Å². The molecule has 0 aliphatic rings. The predicted octanol–water partition coefficient (Wildman–Crippen LogP) is 2.70. The lowest BCUT2D eigenvalue weighted by Gasteiger charge is -1.99. The molecule has 2 heterocycles. The number of aromatic nitrogens is 2. The number of imidazole rings is 1. The van der Waals surface area contributed by atoms with Crippen LogP contribution >= 0.6 is 11.3 Å². The molecule has 0 unspecified atom stereocenters. The van der Waals surface area contributed by atoms with Gasteiger partial charge in [-0.3, -0.25) is 9.20 Å². The Kier molecular flexibility index (Phi) is 3.08. The number of fused-ring (bicyclic) bond motifs is 1. The molecule has 0 aliphatic carbocycles. The highest BCUT2D eigenvalue weighted by Crippen LogP contribution is 2.27. The smallest absolute Gasteiger partial charge is 0.241 e. The van der Waals surface area contributed by atoms with Crippen LogP contribution in [0.25, 0.3) is 22.3 Å². The van der Waals surface area contributed by atoms with Crippen LogP contribution in [0.4, 0.5) is 4.39 Å². The van der Waals surface area contributed by atoms with Gasteiger partial charge < -0.3 is 5.73 Å². The highest BCUT2D eigenvalue weighted by Gasteiger charge is 2.12. The van der Waals surface area contributed by atoms with E-state index in [9.17, 15) is 9.18 Å². The van der Waals surface area contributed by atoms with Crippen molar-refractivity contribution in [1.29, 1.82) is 0 Å². The van der Waals surface area contributed by atoms with Crippen molar-refractivity contribution in [3.05, 3.63) is 53.4 Å². The third-order valence-corrected chi connectivity index (χ3v) is 3.58. The summed E-state index contributed by atoms with van der Waals surface area (Å²) in [5, 5.41) is 1.90. The molecule has 0 saturated carbocycles. The van der Waals surface area contributed by atoms with E-state index in [0.717, 1.165) is 16.2 Å². The molecule has 0 spiro atoms. The van der Waals surface area contributed by atoms with Crippen molar-refractivity contribution in [1.82, 2.24) is 9.38 Å². The minimum Gasteiger partial charge on any atom is -0.366 e. The first-order chi connectivity index (χ1) is 9.65. The van der Waals surface area contributed by atoms with Gasteiger partial charge in [0, 0.05) is 23.2 Å². The fraction of sp³-hybridized carbons (Fsp3) is 0. The Balaban J connectivity index is 2.18. The summed E-state index contributed by atoms with van der Waals surface area (Å²) >= 11 is 1.48. The van der Waals surface area contributed by atoms with E-state index in [0.29, 0.717) is 5.69 Å². The minimum absolute atomic E-state index is 0.302. The summed E-state index contributed by atoms with van der Waals surface area (Å²) in [6.45, 7) is 0. The number of amides is 1. The van der Waals surface area contributed by atoms with Gasteiger partial charge in [-0.15, -0.1) is 11.3 Å². The molecular formula is C14H10FN3OS. The molecule has 0 bridgehead atoms. The quantitative estimate of drug-likeness (QED) is 0.753. The zero-order valence-corrected chi connectivity index (χ0v) is 11.1. The van der Waals surface area contributed by atoms with Crippen LogP contribution < -0.4 is 5.73 Å². The number of nitrogens with two attached hydrogens (primary N) is 1. The maximum atomic E-state index is 13.0. The normalized spacial score (nSPS) is 11.4. The molecular weight excluding hydrogens is 277 g/mol. The Labute approximate surface area is 118 Å². The van der Waals surface area contributed by atoms with E-state index in [1.807, 2.05) is 16.0 Å². The summed E-state index contributed by atoms with van der Waals surface area (Å²) in [7, 11) is 0. The van der Waals surface area contributed by atoms with E-state index in [-0.39, 0.29) is 5.82 Å². The number of rotatable bonds is 3. The summed E-state index contributed by atoms with van der Waals surface area (Å²) in [5.41, 5.74) is 7.35. The van der Waals surface area contributed by atoms with Crippen molar-refractivity contribution in [2.75, 3.05) is 0 Å². The van der Waals surface area contributed by atoms with E-state index in [1.54, 1.807) is 18.2 Å². The van der Waals surface area contributed by atoms with Crippen LogP contribution in [0.1, 0.15) is 5.69 Å². The molecule has 2 N–H and O–H groups in total. The monoisotopic (exact) mass is 287 g/mol. The highest BCUT2D eigenvalue weighted by atomic mass is 32.1.